The molecule has 1 heterocycles. The van der Waals surface area contributed by atoms with Crippen molar-refractivity contribution < 1.29 is 40.6 Å². The summed E-state index contributed by atoms with van der Waals surface area (Å²) >= 11 is 0. The van der Waals surface area contributed by atoms with Crippen molar-refractivity contribution in [3.63, 3.8) is 0 Å². The second kappa shape index (κ2) is 9.35. The quantitative estimate of drug-likeness (QED) is 0.673. The lowest BCUT2D eigenvalue weighted by atomic mass is 9.99. The number of rotatable bonds is 7. The molecule has 1 saturated heterocycles. The Balaban J connectivity index is 2.11. The monoisotopic (exact) mass is 414 g/mol. The molecule has 1 aromatic carbocycles. The second-order valence-corrected chi connectivity index (χ2v) is 6.39. The van der Waals surface area contributed by atoms with Gasteiger partial charge in [0.05, 0.1) is 5.56 Å². The molecule has 0 aromatic heterocycles. The van der Waals surface area contributed by atoms with E-state index in [9.17, 15) is 31.1 Å². The van der Waals surface area contributed by atoms with Gasteiger partial charge >= 0.3 is 12.4 Å². The van der Waals surface area contributed by atoms with Gasteiger partial charge in [-0.1, -0.05) is 0 Å². The van der Waals surface area contributed by atoms with Crippen LogP contribution < -0.4 is 20.1 Å². The first kappa shape index (κ1) is 22.1. The highest BCUT2D eigenvalue weighted by Gasteiger charge is 2.30. The van der Waals surface area contributed by atoms with E-state index in [0.717, 1.165) is 37.6 Å². The number of ether oxygens (including phenoxy) is 2. The van der Waals surface area contributed by atoms with Gasteiger partial charge in [0, 0.05) is 6.54 Å². The molecule has 28 heavy (non-hydrogen) atoms. The zero-order valence-corrected chi connectivity index (χ0v) is 14.8. The molecule has 0 saturated carbocycles. The molecule has 0 spiro atoms. The maximum absolute atomic E-state index is 12.4. The number of amides is 1. The summed E-state index contributed by atoms with van der Waals surface area (Å²) in [6.45, 7) is -1.39. The van der Waals surface area contributed by atoms with Crippen LogP contribution in [-0.4, -0.2) is 51.1 Å². The van der Waals surface area contributed by atoms with Crippen LogP contribution in [0.4, 0.5) is 26.3 Å². The van der Waals surface area contributed by atoms with Crippen molar-refractivity contribution >= 4 is 5.91 Å². The van der Waals surface area contributed by atoms with E-state index in [-0.39, 0.29) is 23.8 Å². The maximum Gasteiger partial charge on any atom is 0.422 e. The van der Waals surface area contributed by atoms with Crippen LogP contribution in [0.15, 0.2) is 18.2 Å². The molecule has 11 heteroatoms. The van der Waals surface area contributed by atoms with Crippen molar-refractivity contribution in [1.29, 1.82) is 0 Å². The zero-order chi connectivity index (χ0) is 20.8. The highest BCUT2D eigenvalue weighted by Crippen LogP contribution is 2.28. The molecule has 2 rings (SSSR count). The zero-order valence-electron chi connectivity index (χ0n) is 14.8. The smallest absolute Gasteiger partial charge is 0.422 e. The highest BCUT2D eigenvalue weighted by atomic mass is 19.4. The molecule has 1 unspecified atom stereocenters. The summed E-state index contributed by atoms with van der Waals surface area (Å²) in [5.74, 6) is -1.29. The summed E-state index contributed by atoms with van der Waals surface area (Å²) < 4.78 is 83.3. The van der Waals surface area contributed by atoms with Crippen molar-refractivity contribution in [2.45, 2.75) is 25.2 Å². The average molecular weight is 414 g/mol. The summed E-state index contributed by atoms with van der Waals surface area (Å²) in [5, 5.41) is 5.75. The van der Waals surface area contributed by atoms with Crippen LogP contribution in [0.5, 0.6) is 11.5 Å². The standard InChI is InChI=1S/C17H20F6N2O3/c18-16(19,20)9-27-12-3-4-14(28-10-17(21,22)23)13(6-12)15(26)25-8-11-2-1-5-24-7-11/h3-4,6,11,24H,1-2,5,7-10H2,(H,25,26). The minimum atomic E-state index is -4.63. The van der Waals surface area contributed by atoms with E-state index in [2.05, 4.69) is 20.1 Å². The van der Waals surface area contributed by atoms with Crippen LogP contribution in [0.25, 0.3) is 0 Å². The molecular weight excluding hydrogens is 394 g/mol. The summed E-state index contributed by atoms with van der Waals surface area (Å²) in [6.07, 6.45) is -7.42. The molecule has 1 aliphatic heterocycles. The van der Waals surface area contributed by atoms with E-state index in [4.69, 9.17) is 0 Å². The Bertz CT molecular complexity index is 657. The number of nitrogens with one attached hydrogen (secondary N) is 2. The lowest BCUT2D eigenvalue weighted by Gasteiger charge is -2.23. The van der Waals surface area contributed by atoms with Crippen molar-refractivity contribution in [2.75, 3.05) is 32.8 Å². The van der Waals surface area contributed by atoms with Gasteiger partial charge in [-0.3, -0.25) is 4.79 Å². The highest BCUT2D eigenvalue weighted by molar-refractivity contribution is 5.97. The van der Waals surface area contributed by atoms with Crippen LogP contribution in [0.3, 0.4) is 0 Å². The summed E-state index contributed by atoms with van der Waals surface area (Å²) in [4.78, 5) is 12.4. The number of carbonyl (C=O) groups is 1. The van der Waals surface area contributed by atoms with Gasteiger partial charge in [0.1, 0.15) is 11.5 Å². The number of alkyl halides is 6. The Kier molecular flexibility index (Phi) is 7.39. The number of hydrogen-bond donors (Lipinski definition) is 2. The Morgan fingerprint density at radius 3 is 2.39 bits per heavy atom. The van der Waals surface area contributed by atoms with Crippen LogP contribution in [0.2, 0.25) is 0 Å². The molecule has 5 nitrogen and oxygen atoms in total. The molecule has 0 radical (unpaired) electrons. The Labute approximate surface area is 157 Å². The van der Waals surface area contributed by atoms with E-state index in [1.165, 1.54) is 0 Å². The first-order chi connectivity index (χ1) is 13.0. The van der Waals surface area contributed by atoms with Gasteiger partial charge in [0.2, 0.25) is 0 Å². The molecular formula is C17H20F6N2O3. The summed E-state index contributed by atoms with van der Waals surface area (Å²) in [7, 11) is 0. The van der Waals surface area contributed by atoms with E-state index >= 15 is 0 Å². The van der Waals surface area contributed by atoms with Gasteiger partial charge in [-0.05, 0) is 50.0 Å². The third kappa shape index (κ3) is 7.83. The maximum atomic E-state index is 12.4. The summed E-state index contributed by atoms with van der Waals surface area (Å²) in [6, 6.07) is 2.93. The van der Waals surface area contributed by atoms with Gasteiger partial charge in [0.25, 0.3) is 5.91 Å². The van der Waals surface area contributed by atoms with Crippen molar-refractivity contribution in [1.82, 2.24) is 10.6 Å². The lowest BCUT2D eigenvalue weighted by molar-refractivity contribution is -0.154. The van der Waals surface area contributed by atoms with Crippen molar-refractivity contribution in [3.8, 4) is 11.5 Å². The minimum Gasteiger partial charge on any atom is -0.484 e. The van der Waals surface area contributed by atoms with Gasteiger partial charge in [-0.2, -0.15) is 26.3 Å². The van der Waals surface area contributed by atoms with Gasteiger partial charge in [-0.25, -0.2) is 0 Å². The fourth-order valence-corrected chi connectivity index (χ4v) is 2.66. The normalized spacial score (nSPS) is 17.9. The van der Waals surface area contributed by atoms with Crippen LogP contribution in [0, 0.1) is 5.92 Å². The first-order valence-electron chi connectivity index (χ1n) is 8.55. The molecule has 0 bridgehead atoms. The van der Waals surface area contributed by atoms with Crippen molar-refractivity contribution in [2.24, 2.45) is 5.92 Å². The van der Waals surface area contributed by atoms with Crippen LogP contribution >= 0.6 is 0 Å². The lowest BCUT2D eigenvalue weighted by Crippen LogP contribution is -2.38. The topological polar surface area (TPSA) is 59.6 Å². The minimum absolute atomic E-state index is 0.155. The van der Waals surface area contributed by atoms with Gasteiger partial charge < -0.3 is 20.1 Å². The molecule has 2 N–H and O–H groups in total. The Morgan fingerprint density at radius 2 is 1.79 bits per heavy atom. The predicted molar refractivity (Wildman–Crippen MR) is 87.5 cm³/mol. The van der Waals surface area contributed by atoms with E-state index < -0.39 is 37.2 Å². The number of hydrogen-bond acceptors (Lipinski definition) is 4. The number of benzene rings is 1. The van der Waals surface area contributed by atoms with E-state index in [1.807, 2.05) is 0 Å². The Morgan fingerprint density at radius 1 is 1.11 bits per heavy atom. The molecule has 1 aromatic rings. The average Bonchev–Trinajstić information content (AvgIpc) is 2.62. The van der Waals surface area contributed by atoms with Crippen LogP contribution in [-0.2, 0) is 0 Å². The summed E-state index contributed by atoms with van der Waals surface area (Å²) in [5.41, 5.74) is -0.326. The third-order valence-electron chi connectivity index (χ3n) is 3.94. The van der Waals surface area contributed by atoms with Crippen LogP contribution in [0.1, 0.15) is 23.2 Å². The molecule has 1 amide bonds. The number of carbonyl (C=O) groups excluding carboxylic acids is 1. The number of halogens is 6. The molecule has 158 valence electrons. The van der Waals surface area contributed by atoms with E-state index in [0.29, 0.717) is 6.54 Å². The number of piperidine rings is 1. The SMILES string of the molecule is O=C(NCC1CCCNC1)c1cc(OCC(F)(F)F)ccc1OCC(F)(F)F. The second-order valence-electron chi connectivity index (χ2n) is 6.39. The third-order valence-corrected chi connectivity index (χ3v) is 3.94. The predicted octanol–water partition coefficient (Wildman–Crippen LogP) is 3.30. The Hall–Kier alpha value is -2.17. The van der Waals surface area contributed by atoms with Crippen molar-refractivity contribution in [3.05, 3.63) is 23.8 Å². The largest absolute Gasteiger partial charge is 0.484 e. The molecule has 0 aliphatic carbocycles. The first-order valence-corrected chi connectivity index (χ1v) is 8.55. The molecule has 1 atom stereocenters. The fourth-order valence-electron chi connectivity index (χ4n) is 2.66. The van der Waals surface area contributed by atoms with Gasteiger partial charge in [0.15, 0.2) is 13.2 Å². The van der Waals surface area contributed by atoms with E-state index in [1.54, 1.807) is 0 Å². The fraction of sp³-hybridized carbons (Fsp3) is 0.588. The molecule has 1 aliphatic rings. The molecule has 1 fully saturated rings. The van der Waals surface area contributed by atoms with Gasteiger partial charge in [-0.15, -0.1) is 0 Å².